The Labute approximate surface area is 132 Å². The number of aryl methyl sites for hydroxylation is 1. The summed E-state index contributed by atoms with van der Waals surface area (Å²) in [6.45, 7) is 2.06. The fourth-order valence-corrected chi connectivity index (χ4v) is 4.07. The molecule has 1 aliphatic rings. The second-order valence-corrected chi connectivity index (χ2v) is 6.61. The number of carbonyl (C=O) groups is 2. The average molecular weight is 315 g/mol. The van der Waals surface area contributed by atoms with Gasteiger partial charge in [-0.25, -0.2) is 4.79 Å². The van der Waals surface area contributed by atoms with Gasteiger partial charge in [-0.2, -0.15) is 0 Å². The highest BCUT2D eigenvalue weighted by Gasteiger charge is 2.19. The number of thiophene rings is 1. The molecule has 1 aromatic carbocycles. The van der Waals surface area contributed by atoms with Gasteiger partial charge in [-0.1, -0.05) is 0 Å². The monoisotopic (exact) mass is 315 g/mol. The van der Waals surface area contributed by atoms with E-state index in [2.05, 4.69) is 12.2 Å². The van der Waals surface area contributed by atoms with Gasteiger partial charge in [-0.3, -0.25) is 4.79 Å². The fourth-order valence-electron chi connectivity index (χ4n) is 2.78. The highest BCUT2D eigenvalue weighted by atomic mass is 32.1. The third kappa shape index (κ3) is 2.76. The highest BCUT2D eigenvalue weighted by Crippen LogP contribution is 2.37. The zero-order valence-corrected chi connectivity index (χ0v) is 13.1. The second-order valence-electron chi connectivity index (χ2n) is 5.50. The van der Waals surface area contributed by atoms with Gasteiger partial charge in [0.05, 0.1) is 10.6 Å². The number of carboxylic acid groups (broad SMARTS) is 1. The molecule has 1 heterocycles. The van der Waals surface area contributed by atoms with Gasteiger partial charge in [0.15, 0.2) is 0 Å². The Morgan fingerprint density at radius 1 is 1.09 bits per heavy atom. The number of hydrogen-bond donors (Lipinski definition) is 2. The zero-order valence-electron chi connectivity index (χ0n) is 12.3. The lowest BCUT2D eigenvalue weighted by Gasteiger charge is -2.10. The molecule has 0 bridgehead atoms. The van der Waals surface area contributed by atoms with E-state index in [9.17, 15) is 9.59 Å². The van der Waals surface area contributed by atoms with E-state index in [0.29, 0.717) is 5.56 Å². The van der Waals surface area contributed by atoms with Crippen LogP contribution in [0.25, 0.3) is 0 Å². The van der Waals surface area contributed by atoms with Crippen molar-refractivity contribution in [3.8, 4) is 0 Å². The van der Waals surface area contributed by atoms with E-state index >= 15 is 0 Å². The van der Waals surface area contributed by atoms with Crippen LogP contribution >= 0.6 is 11.3 Å². The maximum Gasteiger partial charge on any atom is 0.335 e. The summed E-state index contributed by atoms with van der Waals surface area (Å²) in [6, 6.07) is 5.98. The predicted molar refractivity (Wildman–Crippen MR) is 87.1 cm³/mol. The molecule has 1 aliphatic carbocycles. The van der Waals surface area contributed by atoms with Crippen LogP contribution in [0.15, 0.2) is 24.3 Å². The number of carboxylic acids is 1. The summed E-state index contributed by atoms with van der Waals surface area (Å²) in [5.41, 5.74) is 3.22. The van der Waals surface area contributed by atoms with Gasteiger partial charge >= 0.3 is 5.97 Å². The lowest BCUT2D eigenvalue weighted by atomic mass is 9.96. The van der Waals surface area contributed by atoms with Crippen LogP contribution in [-0.2, 0) is 12.8 Å². The predicted octanol–water partition coefficient (Wildman–Crippen LogP) is 3.89. The molecular weight excluding hydrogens is 298 g/mol. The molecule has 114 valence electrons. The molecule has 0 atom stereocenters. The average Bonchev–Trinajstić information content (AvgIpc) is 2.84. The van der Waals surface area contributed by atoms with Crippen LogP contribution in [0.5, 0.6) is 0 Å². The van der Waals surface area contributed by atoms with E-state index in [-0.39, 0.29) is 11.5 Å². The van der Waals surface area contributed by atoms with Crippen molar-refractivity contribution < 1.29 is 14.7 Å². The van der Waals surface area contributed by atoms with Gasteiger partial charge in [0.1, 0.15) is 0 Å². The molecule has 2 aromatic rings. The van der Waals surface area contributed by atoms with E-state index in [1.807, 2.05) is 0 Å². The van der Waals surface area contributed by atoms with Crippen molar-refractivity contribution in [1.29, 1.82) is 0 Å². The lowest BCUT2D eigenvalue weighted by Crippen LogP contribution is -2.12. The van der Waals surface area contributed by atoms with Crippen LogP contribution in [0.2, 0.25) is 0 Å². The minimum atomic E-state index is -0.992. The lowest BCUT2D eigenvalue weighted by molar-refractivity contribution is 0.0696. The number of fused-ring (bicyclic) bond motifs is 1. The van der Waals surface area contributed by atoms with Crippen LogP contribution in [0.1, 0.15) is 49.6 Å². The topological polar surface area (TPSA) is 66.4 Å². The Morgan fingerprint density at radius 3 is 2.36 bits per heavy atom. The summed E-state index contributed by atoms with van der Waals surface area (Å²) in [7, 11) is 0. The molecule has 1 aromatic heterocycles. The number of nitrogens with one attached hydrogen (secondary N) is 1. The van der Waals surface area contributed by atoms with Gasteiger partial charge in [0.25, 0.3) is 5.91 Å². The smallest absolute Gasteiger partial charge is 0.335 e. The first-order chi connectivity index (χ1) is 10.6. The SMILES string of the molecule is Cc1c(NC(=O)c2ccc(C(=O)O)cc2)sc2c1CCCC2. The molecule has 4 nitrogen and oxygen atoms in total. The Balaban J connectivity index is 1.79. The number of amides is 1. The van der Waals surface area contributed by atoms with E-state index in [4.69, 9.17) is 5.11 Å². The van der Waals surface area contributed by atoms with Crippen molar-refractivity contribution in [3.63, 3.8) is 0 Å². The molecule has 22 heavy (non-hydrogen) atoms. The van der Waals surface area contributed by atoms with Crippen molar-refractivity contribution in [2.45, 2.75) is 32.6 Å². The van der Waals surface area contributed by atoms with Crippen LogP contribution < -0.4 is 5.32 Å². The Morgan fingerprint density at radius 2 is 1.73 bits per heavy atom. The molecular formula is C17H17NO3S. The van der Waals surface area contributed by atoms with Crippen molar-refractivity contribution in [2.24, 2.45) is 0 Å². The number of hydrogen-bond acceptors (Lipinski definition) is 3. The first-order valence-electron chi connectivity index (χ1n) is 7.32. The third-order valence-electron chi connectivity index (χ3n) is 4.06. The van der Waals surface area contributed by atoms with Crippen molar-refractivity contribution in [1.82, 2.24) is 0 Å². The first-order valence-corrected chi connectivity index (χ1v) is 8.14. The molecule has 0 aliphatic heterocycles. The molecule has 0 unspecified atom stereocenters. The summed E-state index contributed by atoms with van der Waals surface area (Å²) >= 11 is 1.67. The van der Waals surface area contributed by atoms with Crippen LogP contribution in [0, 0.1) is 6.92 Å². The maximum absolute atomic E-state index is 12.3. The Bertz CT molecular complexity index is 731. The summed E-state index contributed by atoms with van der Waals surface area (Å²) in [4.78, 5) is 24.5. The van der Waals surface area contributed by atoms with Crippen LogP contribution in [0.4, 0.5) is 5.00 Å². The summed E-state index contributed by atoms with van der Waals surface area (Å²) in [5.74, 6) is -1.19. The normalized spacial score (nSPS) is 13.5. The number of carbonyl (C=O) groups excluding carboxylic acids is 1. The van der Waals surface area contributed by atoms with Gasteiger partial charge in [0.2, 0.25) is 0 Å². The molecule has 1 amide bonds. The quantitative estimate of drug-likeness (QED) is 0.903. The highest BCUT2D eigenvalue weighted by molar-refractivity contribution is 7.16. The third-order valence-corrected chi connectivity index (χ3v) is 5.37. The van der Waals surface area contributed by atoms with Gasteiger partial charge in [-0.15, -0.1) is 11.3 Å². The van der Waals surface area contributed by atoms with Crippen molar-refractivity contribution in [2.75, 3.05) is 5.32 Å². The van der Waals surface area contributed by atoms with Crippen molar-refractivity contribution in [3.05, 3.63) is 51.4 Å². The van der Waals surface area contributed by atoms with Crippen molar-refractivity contribution >= 4 is 28.2 Å². The van der Waals surface area contributed by atoms with Gasteiger partial charge in [-0.05, 0) is 68.0 Å². The number of aromatic carboxylic acids is 1. The largest absolute Gasteiger partial charge is 0.478 e. The molecule has 0 saturated heterocycles. The number of benzene rings is 1. The standard InChI is InChI=1S/C17H17NO3S/c1-10-13-4-2-3-5-14(13)22-16(10)18-15(19)11-6-8-12(9-7-11)17(20)21/h6-9H,2-5H2,1H3,(H,18,19)(H,20,21). The second kappa shape index (κ2) is 5.93. The molecule has 2 N–H and O–H groups in total. The molecule has 0 saturated carbocycles. The van der Waals surface area contributed by atoms with E-state index in [1.54, 1.807) is 23.5 Å². The fraction of sp³-hybridized carbons (Fsp3) is 0.294. The summed E-state index contributed by atoms with van der Waals surface area (Å²) in [5, 5.41) is 12.8. The molecule has 0 spiro atoms. The summed E-state index contributed by atoms with van der Waals surface area (Å²) in [6.07, 6.45) is 4.64. The van der Waals surface area contributed by atoms with Crippen LogP contribution in [-0.4, -0.2) is 17.0 Å². The first kappa shape index (κ1) is 14.8. The number of anilines is 1. The Kier molecular flexibility index (Phi) is 3.98. The molecule has 3 rings (SSSR count). The van der Waals surface area contributed by atoms with Crippen LogP contribution in [0.3, 0.4) is 0 Å². The minimum Gasteiger partial charge on any atom is -0.478 e. The molecule has 5 heteroatoms. The molecule has 0 radical (unpaired) electrons. The maximum atomic E-state index is 12.3. The minimum absolute atomic E-state index is 0.180. The Hall–Kier alpha value is -2.14. The van der Waals surface area contributed by atoms with Gasteiger partial charge in [0, 0.05) is 10.4 Å². The van der Waals surface area contributed by atoms with E-state index in [0.717, 1.165) is 17.8 Å². The zero-order chi connectivity index (χ0) is 15.7. The van der Waals surface area contributed by atoms with E-state index < -0.39 is 5.97 Å². The number of rotatable bonds is 3. The summed E-state index contributed by atoms with van der Waals surface area (Å²) < 4.78 is 0. The van der Waals surface area contributed by atoms with Gasteiger partial charge < -0.3 is 10.4 Å². The molecule has 0 fully saturated rings. The van der Waals surface area contributed by atoms with E-state index in [1.165, 1.54) is 41.0 Å².